The van der Waals surface area contributed by atoms with Crippen LogP contribution in [0.15, 0.2) is 0 Å². The Morgan fingerprint density at radius 2 is 1.68 bits per heavy atom. The number of amides is 2. The number of imide groups is 1. The summed E-state index contributed by atoms with van der Waals surface area (Å²) < 4.78 is 10.8. The fourth-order valence-corrected chi connectivity index (χ4v) is 3.85. The molecule has 1 unspecified atom stereocenters. The molecule has 2 rings (SSSR count). The molecular formula is C19H31NO5. The van der Waals surface area contributed by atoms with Gasteiger partial charge in [0.25, 0.3) is 0 Å². The summed E-state index contributed by atoms with van der Waals surface area (Å²) in [4.78, 5) is 39.2. The second-order valence-electron chi connectivity index (χ2n) is 9.26. The number of esters is 1. The standard InChI is InChI=1S/C19H31NO5/c1-17(2,3)24-14(21)11-19-10-8-7-9-13(19)12-20(15(19)22)16(23)25-18(4,5)6/h13H,7-12H2,1-6H3/t13-,19?/m1/s1. The Balaban J connectivity index is 2.20. The Bertz CT molecular complexity index is 557. The van der Waals surface area contributed by atoms with Crippen molar-refractivity contribution in [2.75, 3.05) is 6.54 Å². The van der Waals surface area contributed by atoms with Gasteiger partial charge >= 0.3 is 12.1 Å². The van der Waals surface area contributed by atoms with Gasteiger partial charge in [-0.05, 0) is 60.3 Å². The topological polar surface area (TPSA) is 72.9 Å². The number of likely N-dealkylation sites (tertiary alicyclic amines) is 1. The van der Waals surface area contributed by atoms with Crippen molar-refractivity contribution in [3.63, 3.8) is 0 Å². The third-order valence-electron chi connectivity index (χ3n) is 4.77. The van der Waals surface area contributed by atoms with E-state index in [-0.39, 0.29) is 24.2 Å². The predicted octanol–water partition coefficient (Wildman–Crippen LogP) is 3.67. The number of carbonyl (C=O) groups is 3. The number of carbonyl (C=O) groups excluding carboxylic acids is 3. The number of hydrogen-bond donors (Lipinski definition) is 0. The van der Waals surface area contributed by atoms with E-state index in [9.17, 15) is 14.4 Å². The summed E-state index contributed by atoms with van der Waals surface area (Å²) in [6.45, 7) is 11.1. The first-order chi connectivity index (χ1) is 11.3. The second kappa shape index (κ2) is 6.61. The summed E-state index contributed by atoms with van der Waals surface area (Å²) in [6.07, 6.45) is 2.77. The van der Waals surface area contributed by atoms with Crippen LogP contribution in [0.5, 0.6) is 0 Å². The number of rotatable bonds is 2. The summed E-state index contributed by atoms with van der Waals surface area (Å²) in [6, 6.07) is 0. The van der Waals surface area contributed by atoms with Crippen LogP contribution in [0, 0.1) is 11.3 Å². The van der Waals surface area contributed by atoms with Crippen molar-refractivity contribution in [1.82, 2.24) is 4.90 Å². The van der Waals surface area contributed by atoms with Crippen molar-refractivity contribution in [1.29, 1.82) is 0 Å². The van der Waals surface area contributed by atoms with Gasteiger partial charge in [-0.2, -0.15) is 0 Å². The van der Waals surface area contributed by atoms with Crippen LogP contribution in [-0.4, -0.2) is 40.6 Å². The lowest BCUT2D eigenvalue weighted by molar-refractivity contribution is -0.162. The monoisotopic (exact) mass is 353 g/mol. The molecule has 0 spiro atoms. The molecule has 142 valence electrons. The fourth-order valence-electron chi connectivity index (χ4n) is 3.85. The van der Waals surface area contributed by atoms with Gasteiger partial charge in [-0.3, -0.25) is 9.59 Å². The van der Waals surface area contributed by atoms with Crippen LogP contribution in [0.1, 0.15) is 73.6 Å². The molecule has 2 aliphatic rings. The summed E-state index contributed by atoms with van der Waals surface area (Å²) >= 11 is 0. The lowest BCUT2D eigenvalue weighted by Crippen LogP contribution is -2.44. The fraction of sp³-hybridized carbons (Fsp3) is 0.842. The molecule has 1 aliphatic heterocycles. The summed E-state index contributed by atoms with van der Waals surface area (Å²) in [7, 11) is 0. The first-order valence-corrected chi connectivity index (χ1v) is 9.11. The Kier molecular flexibility index (Phi) is 5.22. The van der Waals surface area contributed by atoms with E-state index in [0.29, 0.717) is 13.0 Å². The van der Waals surface area contributed by atoms with E-state index in [1.807, 2.05) is 20.8 Å². The molecule has 2 fully saturated rings. The normalized spacial score (nSPS) is 27.0. The van der Waals surface area contributed by atoms with Crippen LogP contribution in [0.25, 0.3) is 0 Å². The van der Waals surface area contributed by atoms with Gasteiger partial charge in [0.05, 0.1) is 11.8 Å². The lowest BCUT2D eigenvalue weighted by atomic mass is 9.66. The molecule has 0 aromatic carbocycles. The second-order valence-corrected chi connectivity index (χ2v) is 9.26. The molecule has 0 bridgehead atoms. The minimum atomic E-state index is -0.822. The van der Waals surface area contributed by atoms with Crippen molar-refractivity contribution < 1.29 is 23.9 Å². The van der Waals surface area contributed by atoms with Gasteiger partial charge in [0.2, 0.25) is 5.91 Å². The molecule has 2 amide bonds. The maximum atomic E-state index is 13.1. The Morgan fingerprint density at radius 1 is 1.08 bits per heavy atom. The third-order valence-corrected chi connectivity index (χ3v) is 4.77. The molecule has 0 aromatic rings. The first-order valence-electron chi connectivity index (χ1n) is 9.11. The molecule has 1 aliphatic carbocycles. The minimum Gasteiger partial charge on any atom is -0.460 e. The van der Waals surface area contributed by atoms with Gasteiger partial charge in [0.1, 0.15) is 11.2 Å². The highest BCUT2D eigenvalue weighted by atomic mass is 16.6. The highest BCUT2D eigenvalue weighted by Gasteiger charge is 2.58. The van der Waals surface area contributed by atoms with E-state index in [2.05, 4.69) is 0 Å². The van der Waals surface area contributed by atoms with Crippen molar-refractivity contribution in [2.45, 2.75) is 84.8 Å². The van der Waals surface area contributed by atoms with Crippen LogP contribution in [0.2, 0.25) is 0 Å². The third kappa shape index (κ3) is 4.53. The van der Waals surface area contributed by atoms with Gasteiger partial charge in [0, 0.05) is 6.54 Å². The number of nitrogens with zero attached hydrogens (tertiary/aromatic N) is 1. The van der Waals surface area contributed by atoms with Crippen LogP contribution >= 0.6 is 0 Å². The average Bonchev–Trinajstić information content (AvgIpc) is 2.68. The van der Waals surface area contributed by atoms with Crippen molar-refractivity contribution >= 4 is 18.0 Å². The van der Waals surface area contributed by atoms with E-state index in [4.69, 9.17) is 9.47 Å². The van der Waals surface area contributed by atoms with E-state index in [1.54, 1.807) is 20.8 Å². The minimum absolute atomic E-state index is 0.00575. The molecule has 0 aromatic heterocycles. The number of fused-ring (bicyclic) bond motifs is 1. The lowest BCUT2D eigenvalue weighted by Gasteiger charge is -2.36. The smallest absolute Gasteiger partial charge is 0.417 e. The quantitative estimate of drug-likeness (QED) is 0.708. The SMILES string of the molecule is CC(C)(C)OC(=O)CC12CCCC[C@@H]1CN(C(=O)OC(C)(C)C)C2=O. The first kappa shape index (κ1) is 19.7. The highest BCUT2D eigenvalue weighted by molar-refractivity contribution is 5.99. The molecule has 6 nitrogen and oxygen atoms in total. The van der Waals surface area contributed by atoms with E-state index < -0.39 is 22.7 Å². The van der Waals surface area contributed by atoms with Crippen LogP contribution in [-0.2, 0) is 19.1 Å². The Labute approximate surface area is 150 Å². The Hall–Kier alpha value is -1.59. The van der Waals surface area contributed by atoms with Gasteiger partial charge in [-0.1, -0.05) is 12.8 Å². The number of ether oxygens (including phenoxy) is 2. The molecule has 2 atom stereocenters. The molecule has 0 N–H and O–H groups in total. The van der Waals surface area contributed by atoms with Crippen molar-refractivity contribution in [2.24, 2.45) is 11.3 Å². The average molecular weight is 353 g/mol. The van der Waals surface area contributed by atoms with Crippen molar-refractivity contribution in [3.05, 3.63) is 0 Å². The summed E-state index contributed by atoms with van der Waals surface area (Å²) in [5, 5.41) is 0. The van der Waals surface area contributed by atoms with Crippen LogP contribution in [0.3, 0.4) is 0 Å². The maximum Gasteiger partial charge on any atom is 0.417 e. The largest absolute Gasteiger partial charge is 0.460 e. The van der Waals surface area contributed by atoms with Crippen LogP contribution in [0.4, 0.5) is 4.79 Å². The zero-order valence-electron chi connectivity index (χ0n) is 16.3. The predicted molar refractivity (Wildman–Crippen MR) is 92.8 cm³/mol. The Morgan fingerprint density at radius 3 is 2.24 bits per heavy atom. The zero-order chi connectivity index (χ0) is 19.0. The maximum absolute atomic E-state index is 13.1. The van der Waals surface area contributed by atoms with Gasteiger partial charge in [0.15, 0.2) is 0 Å². The molecule has 1 saturated carbocycles. The van der Waals surface area contributed by atoms with Gasteiger partial charge in [-0.25, -0.2) is 9.69 Å². The summed E-state index contributed by atoms with van der Waals surface area (Å²) in [5.74, 6) is -0.662. The van der Waals surface area contributed by atoms with E-state index in [1.165, 1.54) is 4.90 Å². The number of hydrogen-bond acceptors (Lipinski definition) is 5. The molecule has 6 heteroatoms. The summed E-state index contributed by atoms with van der Waals surface area (Å²) in [5.41, 5.74) is -2.08. The molecule has 0 radical (unpaired) electrons. The molecule has 25 heavy (non-hydrogen) atoms. The van der Waals surface area contributed by atoms with Crippen molar-refractivity contribution in [3.8, 4) is 0 Å². The van der Waals surface area contributed by atoms with Gasteiger partial charge in [-0.15, -0.1) is 0 Å². The van der Waals surface area contributed by atoms with Crippen LogP contribution < -0.4 is 0 Å². The molecular weight excluding hydrogens is 322 g/mol. The molecule has 1 saturated heterocycles. The zero-order valence-corrected chi connectivity index (χ0v) is 16.3. The van der Waals surface area contributed by atoms with E-state index >= 15 is 0 Å². The highest BCUT2D eigenvalue weighted by Crippen LogP contribution is 2.50. The van der Waals surface area contributed by atoms with E-state index in [0.717, 1.165) is 19.3 Å². The molecule has 1 heterocycles. The van der Waals surface area contributed by atoms with Gasteiger partial charge < -0.3 is 9.47 Å².